The van der Waals surface area contributed by atoms with Gasteiger partial charge in [0.15, 0.2) is 0 Å². The van der Waals surface area contributed by atoms with Gasteiger partial charge in [-0.3, -0.25) is 0 Å². The monoisotopic (exact) mass is 235 g/mol. The van der Waals surface area contributed by atoms with E-state index in [1.54, 1.807) is 13.8 Å². The van der Waals surface area contributed by atoms with Crippen LogP contribution in [0.4, 0.5) is 0 Å². The second-order valence-electron chi connectivity index (χ2n) is 4.93. The fourth-order valence-electron chi connectivity index (χ4n) is 1.97. The van der Waals surface area contributed by atoms with Crippen molar-refractivity contribution in [1.29, 1.82) is 0 Å². The van der Waals surface area contributed by atoms with Crippen LogP contribution in [-0.2, 0) is 6.42 Å². The van der Waals surface area contributed by atoms with Crippen LogP contribution < -0.4 is 4.74 Å². The van der Waals surface area contributed by atoms with Gasteiger partial charge in [0.1, 0.15) is 12.4 Å². The van der Waals surface area contributed by atoms with Gasteiger partial charge in [0.2, 0.25) is 0 Å². The fourth-order valence-corrected chi connectivity index (χ4v) is 1.97. The average molecular weight is 235 g/mol. The molecule has 4 heteroatoms. The van der Waals surface area contributed by atoms with Crippen LogP contribution in [-0.4, -0.2) is 28.2 Å². The zero-order chi connectivity index (χ0) is 12.5. The second-order valence-corrected chi connectivity index (χ2v) is 4.93. The lowest BCUT2D eigenvalue weighted by Gasteiger charge is -2.19. The predicted octanol–water partition coefficient (Wildman–Crippen LogP) is 1.96. The highest BCUT2D eigenvalue weighted by atomic mass is 16.5. The van der Waals surface area contributed by atoms with Crippen LogP contribution in [0, 0.1) is 0 Å². The molecule has 0 aliphatic heterocycles. The molecule has 2 N–H and O–H groups in total. The molecule has 1 aromatic rings. The lowest BCUT2D eigenvalue weighted by atomic mass is 10.1. The Kier molecular flexibility index (Phi) is 3.07. The van der Waals surface area contributed by atoms with Gasteiger partial charge in [0.05, 0.1) is 11.3 Å². The molecule has 0 fully saturated rings. The highest BCUT2D eigenvalue weighted by Crippen LogP contribution is 2.31. The van der Waals surface area contributed by atoms with Crippen molar-refractivity contribution in [3.8, 4) is 5.75 Å². The van der Waals surface area contributed by atoms with Gasteiger partial charge >= 0.3 is 0 Å². The smallest absolute Gasteiger partial charge is 0.123 e. The van der Waals surface area contributed by atoms with Gasteiger partial charge in [0, 0.05) is 11.1 Å². The molecular formula is C13H17NO3. The minimum Gasteiger partial charge on any atom is -0.490 e. The molecule has 0 radical (unpaired) electrons. The Bertz CT molecular complexity index is 446. The molecule has 4 nitrogen and oxygen atoms in total. The number of rotatable bonds is 3. The molecule has 1 aliphatic rings. The van der Waals surface area contributed by atoms with Crippen molar-refractivity contribution in [3.63, 3.8) is 0 Å². The molecule has 0 spiro atoms. The minimum atomic E-state index is -0.852. The maximum Gasteiger partial charge on any atom is 0.123 e. The van der Waals surface area contributed by atoms with Gasteiger partial charge in [-0.25, -0.2) is 0 Å². The summed E-state index contributed by atoms with van der Waals surface area (Å²) >= 11 is 0. The molecule has 0 atom stereocenters. The number of nitrogens with zero attached hydrogens (tertiary/aromatic N) is 1. The van der Waals surface area contributed by atoms with Crippen LogP contribution in [0.2, 0.25) is 0 Å². The van der Waals surface area contributed by atoms with E-state index in [4.69, 9.17) is 9.94 Å². The van der Waals surface area contributed by atoms with E-state index < -0.39 is 5.60 Å². The Morgan fingerprint density at radius 2 is 2.12 bits per heavy atom. The molecule has 1 aliphatic carbocycles. The molecule has 0 bridgehead atoms. The lowest BCUT2D eigenvalue weighted by molar-refractivity contribution is 0.0282. The van der Waals surface area contributed by atoms with Gasteiger partial charge < -0.3 is 15.1 Å². The summed E-state index contributed by atoms with van der Waals surface area (Å²) in [5, 5.41) is 21.8. The van der Waals surface area contributed by atoms with Crippen LogP contribution in [0.3, 0.4) is 0 Å². The minimum absolute atomic E-state index is 0.245. The molecule has 92 valence electrons. The first-order chi connectivity index (χ1) is 8.01. The van der Waals surface area contributed by atoms with Crippen molar-refractivity contribution >= 4 is 5.71 Å². The van der Waals surface area contributed by atoms with Gasteiger partial charge in [-0.2, -0.15) is 0 Å². The number of oxime groups is 1. The Labute approximate surface area is 101 Å². The van der Waals surface area contributed by atoms with Crippen molar-refractivity contribution in [1.82, 2.24) is 0 Å². The van der Waals surface area contributed by atoms with Crippen LogP contribution >= 0.6 is 0 Å². The van der Waals surface area contributed by atoms with Gasteiger partial charge in [0.25, 0.3) is 0 Å². The normalized spacial score (nSPS) is 17.2. The first-order valence-corrected chi connectivity index (χ1v) is 5.69. The summed E-state index contributed by atoms with van der Waals surface area (Å²) < 4.78 is 5.62. The Morgan fingerprint density at radius 3 is 2.76 bits per heavy atom. The highest BCUT2D eigenvalue weighted by molar-refractivity contribution is 6.04. The van der Waals surface area contributed by atoms with Gasteiger partial charge in [-0.15, -0.1) is 0 Å². The third kappa shape index (κ3) is 2.58. The van der Waals surface area contributed by atoms with Gasteiger partial charge in [-0.05, 0) is 32.8 Å². The first kappa shape index (κ1) is 11.9. The summed E-state index contributed by atoms with van der Waals surface area (Å²) in [6.07, 6.45) is 1.55. The molecule has 0 saturated heterocycles. The number of ether oxygens (including phenoxy) is 1. The average Bonchev–Trinajstić information content (AvgIpc) is 2.68. The van der Waals surface area contributed by atoms with Crippen LogP contribution in [0.5, 0.6) is 5.75 Å². The lowest BCUT2D eigenvalue weighted by Crippen LogP contribution is -2.28. The molecular weight excluding hydrogens is 218 g/mol. The summed E-state index contributed by atoms with van der Waals surface area (Å²) in [5.41, 5.74) is 1.86. The van der Waals surface area contributed by atoms with E-state index in [1.165, 1.54) is 0 Å². The summed E-state index contributed by atoms with van der Waals surface area (Å²) in [4.78, 5) is 0. The van der Waals surface area contributed by atoms with Crippen LogP contribution in [0.15, 0.2) is 23.4 Å². The first-order valence-electron chi connectivity index (χ1n) is 5.69. The van der Waals surface area contributed by atoms with E-state index in [9.17, 15) is 5.11 Å². The van der Waals surface area contributed by atoms with Crippen molar-refractivity contribution in [2.24, 2.45) is 5.16 Å². The number of fused-ring (bicyclic) bond motifs is 1. The van der Waals surface area contributed by atoms with Crippen LogP contribution in [0.25, 0.3) is 0 Å². The predicted molar refractivity (Wildman–Crippen MR) is 64.9 cm³/mol. The van der Waals surface area contributed by atoms with E-state index in [2.05, 4.69) is 5.16 Å². The van der Waals surface area contributed by atoms with E-state index >= 15 is 0 Å². The number of aliphatic hydroxyl groups is 1. The SMILES string of the molecule is CC(C)(O)COc1cccc2c1CCC2=NO. The Hall–Kier alpha value is -1.55. The zero-order valence-electron chi connectivity index (χ0n) is 10.1. The number of benzene rings is 1. The fraction of sp³-hybridized carbons (Fsp3) is 0.462. The summed E-state index contributed by atoms with van der Waals surface area (Å²) in [7, 11) is 0. The molecule has 2 rings (SSSR count). The van der Waals surface area contributed by atoms with Gasteiger partial charge in [-0.1, -0.05) is 17.3 Å². The third-order valence-electron chi connectivity index (χ3n) is 2.76. The molecule has 0 heterocycles. The maximum atomic E-state index is 9.64. The third-order valence-corrected chi connectivity index (χ3v) is 2.76. The highest BCUT2D eigenvalue weighted by Gasteiger charge is 2.23. The number of hydrogen-bond acceptors (Lipinski definition) is 4. The molecule has 17 heavy (non-hydrogen) atoms. The van der Waals surface area contributed by atoms with Crippen molar-refractivity contribution < 1.29 is 15.1 Å². The molecule has 1 aromatic carbocycles. The molecule has 0 saturated carbocycles. The Morgan fingerprint density at radius 1 is 1.35 bits per heavy atom. The molecule has 0 aromatic heterocycles. The van der Waals surface area contributed by atoms with Crippen LogP contribution in [0.1, 0.15) is 31.4 Å². The van der Waals surface area contributed by atoms with E-state index in [-0.39, 0.29) is 6.61 Å². The van der Waals surface area contributed by atoms with E-state index in [1.807, 2.05) is 18.2 Å². The van der Waals surface area contributed by atoms with Crippen molar-refractivity contribution in [2.75, 3.05) is 6.61 Å². The quantitative estimate of drug-likeness (QED) is 0.622. The zero-order valence-corrected chi connectivity index (χ0v) is 10.1. The second kappa shape index (κ2) is 4.37. The standard InChI is InChI=1S/C13H17NO3/c1-13(2,15)8-17-12-5-3-4-9-10(12)6-7-11(9)14-16/h3-5,15-16H,6-8H2,1-2H3. The molecule has 0 amide bonds. The van der Waals surface area contributed by atoms with E-state index in [0.29, 0.717) is 5.71 Å². The summed E-state index contributed by atoms with van der Waals surface area (Å²) in [5.74, 6) is 0.767. The maximum absolute atomic E-state index is 9.64. The van der Waals surface area contributed by atoms with Crippen molar-refractivity contribution in [2.45, 2.75) is 32.3 Å². The topological polar surface area (TPSA) is 62.0 Å². The molecule has 0 unspecified atom stereocenters. The summed E-state index contributed by atoms with van der Waals surface area (Å²) in [6.45, 7) is 3.66. The summed E-state index contributed by atoms with van der Waals surface area (Å²) in [6, 6.07) is 5.67. The Balaban J connectivity index is 2.23. The number of hydrogen-bond donors (Lipinski definition) is 2. The van der Waals surface area contributed by atoms with Crippen molar-refractivity contribution in [3.05, 3.63) is 29.3 Å². The van der Waals surface area contributed by atoms with E-state index in [0.717, 1.165) is 29.7 Å². The largest absolute Gasteiger partial charge is 0.490 e.